The van der Waals surface area contributed by atoms with Gasteiger partial charge in [-0.3, -0.25) is 24.3 Å². The zero-order valence-corrected chi connectivity index (χ0v) is 19.4. The van der Waals surface area contributed by atoms with E-state index in [-0.39, 0.29) is 22.7 Å². The molecule has 0 atom stereocenters. The topological polar surface area (TPSA) is 110 Å². The van der Waals surface area contributed by atoms with Crippen LogP contribution in [0.1, 0.15) is 12.5 Å². The number of hydrogen-bond acceptors (Lipinski definition) is 10. The summed E-state index contributed by atoms with van der Waals surface area (Å²) in [5.41, 5.74) is 1.01. The van der Waals surface area contributed by atoms with Crippen molar-refractivity contribution in [2.24, 2.45) is 0 Å². The number of aromatic nitrogens is 2. The summed E-state index contributed by atoms with van der Waals surface area (Å²) in [4.78, 5) is 26.7. The minimum Gasteiger partial charge on any atom is -0.493 e. The van der Waals surface area contributed by atoms with Gasteiger partial charge in [-0.15, -0.1) is 0 Å². The third-order valence-electron chi connectivity index (χ3n) is 4.94. The van der Waals surface area contributed by atoms with Gasteiger partial charge in [0.05, 0.1) is 45.0 Å². The Morgan fingerprint density at radius 3 is 2.47 bits per heavy atom. The molecule has 2 heterocycles. The van der Waals surface area contributed by atoms with Gasteiger partial charge in [-0.05, 0) is 6.07 Å². The van der Waals surface area contributed by atoms with Crippen LogP contribution in [0.15, 0.2) is 22.9 Å². The van der Waals surface area contributed by atoms with Crippen molar-refractivity contribution in [3.8, 4) is 17.2 Å². The first-order valence-corrected chi connectivity index (χ1v) is 11.0. The number of hydrogen-bond donors (Lipinski definition) is 1. The van der Waals surface area contributed by atoms with E-state index in [2.05, 4.69) is 15.5 Å². The number of piperazine rings is 1. The Balaban J connectivity index is 1.55. The molecule has 174 valence electrons. The molecule has 1 aromatic carbocycles. The monoisotopic (exact) mass is 466 g/mol. The molecule has 32 heavy (non-hydrogen) atoms. The summed E-state index contributed by atoms with van der Waals surface area (Å²) >= 11 is 0.942. The molecular weight excluding hydrogens is 438 g/mol. The molecule has 0 spiro atoms. The predicted molar refractivity (Wildman–Crippen MR) is 118 cm³/mol. The van der Waals surface area contributed by atoms with Gasteiger partial charge >= 0.3 is 5.88 Å². The van der Waals surface area contributed by atoms with Gasteiger partial charge in [0.15, 0.2) is 16.6 Å². The van der Waals surface area contributed by atoms with Gasteiger partial charge < -0.3 is 14.2 Å². The van der Waals surface area contributed by atoms with Crippen molar-refractivity contribution in [3.63, 3.8) is 0 Å². The van der Waals surface area contributed by atoms with E-state index in [1.54, 1.807) is 32.3 Å². The summed E-state index contributed by atoms with van der Waals surface area (Å²) in [6.07, 6.45) is 1.61. The molecule has 3 rings (SSSR count). The highest BCUT2D eigenvalue weighted by Gasteiger charge is 2.27. The number of thioether (sulfide) groups is 1. The van der Waals surface area contributed by atoms with Crippen LogP contribution in [0.5, 0.6) is 17.2 Å². The van der Waals surface area contributed by atoms with Crippen molar-refractivity contribution in [1.29, 1.82) is 0 Å². The molecule has 0 radical (unpaired) electrons. The Morgan fingerprint density at radius 1 is 1.12 bits per heavy atom. The molecule has 1 amide bonds. The zero-order chi connectivity index (χ0) is 23.1. The van der Waals surface area contributed by atoms with Crippen molar-refractivity contribution < 1.29 is 33.1 Å². The van der Waals surface area contributed by atoms with Crippen molar-refractivity contribution in [1.82, 2.24) is 10.2 Å². The largest absolute Gasteiger partial charge is 0.493 e. The van der Waals surface area contributed by atoms with E-state index in [0.29, 0.717) is 23.8 Å². The molecule has 12 heteroatoms. The number of nitrogens with one attached hydrogen (secondary N) is 1. The Bertz CT molecular complexity index is 945. The number of amides is 1. The van der Waals surface area contributed by atoms with E-state index < -0.39 is 0 Å². The van der Waals surface area contributed by atoms with Crippen LogP contribution in [-0.2, 0) is 16.1 Å². The fraction of sp³-hybridized carbons (Fsp3) is 0.500. The second kappa shape index (κ2) is 11.0. The fourth-order valence-electron chi connectivity index (χ4n) is 3.40. The van der Waals surface area contributed by atoms with Gasteiger partial charge in [0.25, 0.3) is 6.20 Å². The van der Waals surface area contributed by atoms with Gasteiger partial charge in [-0.25, -0.2) is 0 Å². The van der Waals surface area contributed by atoms with Crippen LogP contribution in [0.25, 0.3) is 0 Å². The SMILES string of the molecule is COc1ccc(CN2CCN([n+]3cc(NC(=O)CSC(C)=O)on3)CC2)c(OC)c1OC. The molecule has 1 fully saturated rings. The van der Waals surface area contributed by atoms with Crippen LogP contribution in [-0.4, -0.2) is 74.5 Å². The lowest BCUT2D eigenvalue weighted by molar-refractivity contribution is -0.759. The lowest BCUT2D eigenvalue weighted by atomic mass is 10.1. The van der Waals surface area contributed by atoms with Crippen molar-refractivity contribution in [2.45, 2.75) is 13.5 Å². The first kappa shape index (κ1) is 23.7. The molecule has 0 aliphatic carbocycles. The number of carbonyl (C=O) groups is 2. The van der Waals surface area contributed by atoms with Crippen LogP contribution < -0.4 is 29.3 Å². The predicted octanol–water partition coefficient (Wildman–Crippen LogP) is 0.660. The number of rotatable bonds is 9. The molecule has 1 aliphatic heterocycles. The summed E-state index contributed by atoms with van der Waals surface area (Å²) in [5, 5.41) is 8.48. The number of ether oxygens (including phenoxy) is 3. The number of methoxy groups -OCH3 is 3. The average molecular weight is 467 g/mol. The normalized spacial score (nSPS) is 14.2. The summed E-state index contributed by atoms with van der Waals surface area (Å²) < 4.78 is 21.6. The van der Waals surface area contributed by atoms with Gasteiger partial charge in [0.1, 0.15) is 0 Å². The number of carbonyl (C=O) groups excluding carboxylic acids is 2. The molecule has 2 aromatic rings. The lowest BCUT2D eigenvalue weighted by Gasteiger charge is -2.30. The quantitative estimate of drug-likeness (QED) is 0.529. The highest BCUT2D eigenvalue weighted by atomic mass is 32.2. The van der Waals surface area contributed by atoms with Gasteiger partial charge in [-0.2, -0.15) is 5.01 Å². The molecule has 1 aliphatic rings. The van der Waals surface area contributed by atoms with Crippen LogP contribution in [0.2, 0.25) is 0 Å². The van der Waals surface area contributed by atoms with Crippen molar-refractivity contribution >= 4 is 28.7 Å². The maximum atomic E-state index is 11.8. The molecule has 11 nitrogen and oxygen atoms in total. The smallest absolute Gasteiger partial charge is 0.305 e. The second-order valence-corrected chi connectivity index (χ2v) is 8.19. The summed E-state index contributed by atoms with van der Waals surface area (Å²) in [5.74, 6) is 1.83. The van der Waals surface area contributed by atoms with Crippen LogP contribution in [0.3, 0.4) is 0 Å². The number of benzene rings is 1. The van der Waals surface area contributed by atoms with E-state index in [0.717, 1.165) is 43.5 Å². The number of nitrogens with zero attached hydrogens (tertiary/aromatic N) is 4. The summed E-state index contributed by atoms with van der Waals surface area (Å²) in [6.45, 7) is 5.17. The van der Waals surface area contributed by atoms with Crippen LogP contribution >= 0.6 is 11.8 Å². The highest BCUT2D eigenvalue weighted by molar-refractivity contribution is 8.14. The van der Waals surface area contributed by atoms with E-state index >= 15 is 0 Å². The van der Waals surface area contributed by atoms with Gasteiger partial charge in [-0.1, -0.05) is 17.8 Å². The molecule has 0 bridgehead atoms. The minimum absolute atomic E-state index is 0.0360. The van der Waals surface area contributed by atoms with E-state index in [4.69, 9.17) is 18.7 Å². The van der Waals surface area contributed by atoms with Crippen molar-refractivity contribution in [3.05, 3.63) is 23.9 Å². The summed E-state index contributed by atoms with van der Waals surface area (Å²) in [6, 6.07) is 3.86. The molecule has 1 aromatic heterocycles. The van der Waals surface area contributed by atoms with Crippen LogP contribution in [0, 0.1) is 0 Å². The summed E-state index contributed by atoms with van der Waals surface area (Å²) in [7, 11) is 4.81. The zero-order valence-electron chi connectivity index (χ0n) is 18.6. The molecule has 0 unspecified atom stereocenters. The Morgan fingerprint density at radius 2 is 1.84 bits per heavy atom. The standard InChI is InChI=1S/C20H27N5O6S/c1-14(26)32-13-17(27)21-18-12-25(22-31-18)24-9-7-23(8-10-24)11-15-5-6-16(28-2)20(30-4)19(15)29-3/h5-6,12H,7-11,13H2,1-4H3/p+1. The maximum absolute atomic E-state index is 11.8. The third kappa shape index (κ3) is 5.82. The van der Waals surface area contributed by atoms with E-state index in [1.807, 2.05) is 17.1 Å². The minimum atomic E-state index is -0.317. The van der Waals surface area contributed by atoms with Gasteiger partial charge in [0.2, 0.25) is 16.9 Å². The molecule has 1 N–H and O–H groups in total. The van der Waals surface area contributed by atoms with E-state index in [1.165, 1.54) is 6.92 Å². The Labute approximate surface area is 190 Å². The first-order valence-electron chi connectivity index (χ1n) is 10.0. The number of anilines is 1. The van der Waals surface area contributed by atoms with E-state index in [9.17, 15) is 9.59 Å². The molecular formula is C20H28N5O6S+. The van der Waals surface area contributed by atoms with Crippen molar-refractivity contribution in [2.75, 3.05) is 63.6 Å². The van der Waals surface area contributed by atoms with Gasteiger partial charge in [0, 0.05) is 32.1 Å². The molecule has 1 saturated heterocycles. The average Bonchev–Trinajstić information content (AvgIpc) is 3.26. The van der Waals surface area contributed by atoms with Crippen LogP contribution in [0.4, 0.5) is 5.88 Å². The fourth-order valence-corrected chi connectivity index (χ4v) is 3.80. The highest BCUT2D eigenvalue weighted by Crippen LogP contribution is 2.40. The second-order valence-electron chi connectivity index (χ2n) is 7.04. The Kier molecular flexibility index (Phi) is 8.17. The lowest BCUT2D eigenvalue weighted by Crippen LogP contribution is -2.65. The third-order valence-corrected chi connectivity index (χ3v) is 5.76. The molecule has 0 saturated carbocycles. The first-order chi connectivity index (χ1) is 15.4. The Hall–Kier alpha value is -2.99. The maximum Gasteiger partial charge on any atom is 0.305 e.